The third-order valence-electron chi connectivity index (χ3n) is 1.42. The minimum atomic E-state index is -0.477. The number of nitrogens with zero attached hydrogens (tertiary/aromatic N) is 2. The number of aliphatic imine (C=N–C) groups is 1. The van der Waals surface area contributed by atoms with E-state index in [2.05, 4.69) is 20.9 Å². The molecule has 0 saturated heterocycles. The molecule has 0 saturated carbocycles. The average molecular weight is 278 g/mol. The van der Waals surface area contributed by atoms with Crippen LogP contribution in [0, 0.1) is 10.1 Å². The average Bonchev–Trinajstić information content (AvgIpc) is 2.07. The Bertz CT molecular complexity index is 402. The van der Waals surface area contributed by atoms with Crippen molar-refractivity contribution in [1.82, 2.24) is 0 Å². The number of benzene rings is 1. The Kier molecular flexibility index (Phi) is 3.60. The van der Waals surface area contributed by atoms with E-state index in [1.165, 1.54) is 12.1 Å². The molecule has 1 rings (SSSR count). The lowest BCUT2D eigenvalue weighted by molar-refractivity contribution is -0.384. The van der Waals surface area contributed by atoms with Crippen LogP contribution in [0.5, 0.6) is 0 Å². The van der Waals surface area contributed by atoms with Gasteiger partial charge in [-0.1, -0.05) is 11.6 Å². The summed E-state index contributed by atoms with van der Waals surface area (Å²) < 4.78 is 0.670. The van der Waals surface area contributed by atoms with E-state index in [1.807, 2.05) is 0 Å². The highest BCUT2D eigenvalue weighted by Crippen LogP contribution is 2.29. The molecule has 0 amide bonds. The summed E-state index contributed by atoms with van der Waals surface area (Å²) in [5, 5.41) is 10.8. The first-order valence-corrected chi connectivity index (χ1v) is 4.82. The van der Waals surface area contributed by atoms with Gasteiger partial charge in [-0.2, -0.15) is 0 Å². The van der Waals surface area contributed by atoms with Gasteiger partial charge in [0.25, 0.3) is 5.69 Å². The van der Waals surface area contributed by atoms with Gasteiger partial charge in [0.1, 0.15) is 5.17 Å². The Morgan fingerprint density at radius 1 is 1.64 bits per heavy atom. The number of rotatable bonds is 2. The quantitative estimate of drug-likeness (QED) is 0.471. The van der Waals surface area contributed by atoms with Gasteiger partial charge in [0.15, 0.2) is 0 Å². The Balaban J connectivity index is 3.22. The molecule has 1 aromatic carbocycles. The first-order valence-electron chi connectivity index (χ1n) is 3.65. The van der Waals surface area contributed by atoms with E-state index in [-0.39, 0.29) is 5.69 Å². The molecule has 0 aliphatic heterocycles. The molecule has 0 atom stereocenters. The number of halogens is 2. The van der Waals surface area contributed by atoms with Gasteiger partial charge in [-0.05, 0) is 28.9 Å². The predicted octanol–water partition coefficient (Wildman–Crippen LogP) is 3.65. The van der Waals surface area contributed by atoms with Crippen LogP contribution in [0.25, 0.3) is 0 Å². The topological polar surface area (TPSA) is 55.5 Å². The molecular formula is C8H6BrClN2O2. The van der Waals surface area contributed by atoms with Crippen LogP contribution in [-0.4, -0.2) is 10.1 Å². The number of hydrogen-bond donors (Lipinski definition) is 0. The number of hydrogen-bond acceptors (Lipinski definition) is 3. The fourth-order valence-electron chi connectivity index (χ4n) is 0.866. The highest BCUT2D eigenvalue weighted by Gasteiger charge is 2.08. The van der Waals surface area contributed by atoms with Crippen LogP contribution < -0.4 is 0 Å². The first-order chi connectivity index (χ1) is 6.50. The Labute approximate surface area is 93.9 Å². The molecule has 0 spiro atoms. The minimum Gasteiger partial charge on any atom is -0.258 e. The number of non-ortho nitro benzene ring substituents is 1. The van der Waals surface area contributed by atoms with Gasteiger partial charge in [-0.25, -0.2) is 4.99 Å². The summed E-state index contributed by atoms with van der Waals surface area (Å²) in [7, 11) is 0. The summed E-state index contributed by atoms with van der Waals surface area (Å²) in [6.07, 6.45) is 0. The number of nitro groups is 1. The molecule has 0 heterocycles. The molecule has 0 fully saturated rings. The monoisotopic (exact) mass is 276 g/mol. The smallest absolute Gasteiger partial charge is 0.258 e. The van der Waals surface area contributed by atoms with Crippen molar-refractivity contribution >= 4 is 44.1 Å². The standard InChI is InChI=1S/C8H6BrClN2O2/c1-5(10)11-8-4-6(12(13)14)2-3-7(8)9/h2-4H,1H3. The van der Waals surface area contributed by atoms with Crippen molar-refractivity contribution in [2.24, 2.45) is 4.99 Å². The third kappa shape index (κ3) is 2.78. The molecule has 0 radical (unpaired) electrons. The van der Waals surface area contributed by atoms with E-state index >= 15 is 0 Å². The van der Waals surface area contributed by atoms with Crippen molar-refractivity contribution in [1.29, 1.82) is 0 Å². The van der Waals surface area contributed by atoms with Crippen molar-refractivity contribution in [2.75, 3.05) is 0 Å². The summed E-state index contributed by atoms with van der Waals surface area (Å²) in [6.45, 7) is 1.60. The SMILES string of the molecule is CC(Cl)=Nc1cc([N+](=O)[O-])ccc1Br. The minimum absolute atomic E-state index is 0.00938. The highest BCUT2D eigenvalue weighted by molar-refractivity contribution is 9.10. The zero-order valence-corrected chi connectivity index (χ0v) is 9.54. The van der Waals surface area contributed by atoms with E-state index in [9.17, 15) is 10.1 Å². The summed E-state index contributed by atoms with van der Waals surface area (Å²) in [5.41, 5.74) is 0.441. The molecule has 0 aromatic heterocycles. The van der Waals surface area contributed by atoms with Gasteiger partial charge >= 0.3 is 0 Å². The molecule has 14 heavy (non-hydrogen) atoms. The van der Waals surface area contributed by atoms with Crippen molar-refractivity contribution in [3.8, 4) is 0 Å². The van der Waals surface area contributed by atoms with Gasteiger partial charge in [0, 0.05) is 16.6 Å². The molecule has 0 bridgehead atoms. The van der Waals surface area contributed by atoms with Gasteiger partial charge in [0.2, 0.25) is 0 Å². The van der Waals surface area contributed by atoms with Gasteiger partial charge in [-0.3, -0.25) is 10.1 Å². The summed E-state index contributed by atoms with van der Waals surface area (Å²) >= 11 is 8.80. The molecule has 0 aliphatic carbocycles. The van der Waals surface area contributed by atoms with Crippen LogP contribution in [-0.2, 0) is 0 Å². The predicted molar refractivity (Wildman–Crippen MR) is 59.4 cm³/mol. The second-order valence-electron chi connectivity index (χ2n) is 2.50. The maximum atomic E-state index is 10.5. The van der Waals surface area contributed by atoms with Crippen LogP contribution in [0.15, 0.2) is 27.7 Å². The second-order valence-corrected chi connectivity index (χ2v) is 3.90. The van der Waals surface area contributed by atoms with Gasteiger partial charge in [0.05, 0.1) is 10.6 Å². The Morgan fingerprint density at radius 3 is 2.79 bits per heavy atom. The molecule has 0 unspecified atom stereocenters. The van der Waals surface area contributed by atoms with Crippen LogP contribution >= 0.6 is 27.5 Å². The summed E-state index contributed by atoms with van der Waals surface area (Å²) in [5.74, 6) is 0. The number of nitro benzene ring substituents is 1. The molecule has 6 heteroatoms. The highest BCUT2D eigenvalue weighted by atomic mass is 79.9. The second kappa shape index (κ2) is 4.52. The van der Waals surface area contributed by atoms with Crippen LogP contribution in [0.1, 0.15) is 6.92 Å². The maximum absolute atomic E-state index is 10.5. The van der Waals surface area contributed by atoms with E-state index < -0.39 is 4.92 Å². The van der Waals surface area contributed by atoms with E-state index in [0.717, 1.165) is 0 Å². The lowest BCUT2D eigenvalue weighted by Crippen LogP contribution is -1.87. The summed E-state index contributed by atoms with van der Waals surface area (Å²) in [6, 6.07) is 4.32. The van der Waals surface area contributed by atoms with Crippen molar-refractivity contribution in [3.63, 3.8) is 0 Å². The zero-order valence-electron chi connectivity index (χ0n) is 7.20. The van der Waals surface area contributed by atoms with E-state index in [4.69, 9.17) is 11.6 Å². The third-order valence-corrected chi connectivity index (χ3v) is 2.17. The Hall–Kier alpha value is -0.940. The molecule has 4 nitrogen and oxygen atoms in total. The fourth-order valence-corrected chi connectivity index (χ4v) is 1.29. The van der Waals surface area contributed by atoms with Crippen LogP contribution in [0.4, 0.5) is 11.4 Å². The van der Waals surface area contributed by atoms with E-state index in [1.54, 1.807) is 13.0 Å². The van der Waals surface area contributed by atoms with Crippen molar-refractivity contribution in [2.45, 2.75) is 6.92 Å². The summed E-state index contributed by atoms with van der Waals surface area (Å²) in [4.78, 5) is 13.9. The molecule has 0 N–H and O–H groups in total. The first kappa shape index (κ1) is 11.1. The van der Waals surface area contributed by atoms with Crippen LogP contribution in [0.2, 0.25) is 0 Å². The maximum Gasteiger partial charge on any atom is 0.271 e. The van der Waals surface area contributed by atoms with Gasteiger partial charge in [-0.15, -0.1) is 0 Å². The molecule has 0 aliphatic rings. The molecule has 74 valence electrons. The lowest BCUT2D eigenvalue weighted by Gasteiger charge is -1.98. The Morgan fingerprint density at radius 2 is 2.29 bits per heavy atom. The van der Waals surface area contributed by atoms with Crippen molar-refractivity contribution in [3.05, 3.63) is 32.8 Å². The van der Waals surface area contributed by atoms with Crippen LogP contribution in [0.3, 0.4) is 0 Å². The lowest BCUT2D eigenvalue weighted by atomic mass is 10.3. The zero-order chi connectivity index (χ0) is 10.7. The van der Waals surface area contributed by atoms with Gasteiger partial charge < -0.3 is 0 Å². The molecule has 1 aromatic rings. The fraction of sp³-hybridized carbons (Fsp3) is 0.125. The van der Waals surface area contributed by atoms with E-state index in [0.29, 0.717) is 15.3 Å². The largest absolute Gasteiger partial charge is 0.271 e. The molecular weight excluding hydrogens is 271 g/mol. The van der Waals surface area contributed by atoms with Crippen molar-refractivity contribution < 1.29 is 4.92 Å². The normalized spacial score (nSPS) is 11.5.